The standard InChI is InChI=1S/C11H11NO3S2/c13-17(14)6-9-10(7-17)15-11(16)12(9)8-4-2-1-3-5-8/h1-5,9-10H,6-7H2/t9-,10-/m0/s1. The van der Waals surface area contributed by atoms with E-state index in [0.717, 1.165) is 5.69 Å². The fraction of sp³-hybridized carbons (Fsp3) is 0.364. The first-order valence-electron chi connectivity index (χ1n) is 5.32. The van der Waals surface area contributed by atoms with Gasteiger partial charge in [-0.1, -0.05) is 18.2 Å². The molecule has 1 aromatic rings. The zero-order valence-electron chi connectivity index (χ0n) is 8.94. The monoisotopic (exact) mass is 269 g/mol. The summed E-state index contributed by atoms with van der Waals surface area (Å²) in [6.45, 7) is 0. The molecule has 3 rings (SSSR count). The van der Waals surface area contributed by atoms with Gasteiger partial charge in [0.2, 0.25) is 0 Å². The predicted molar refractivity (Wildman–Crippen MR) is 68.8 cm³/mol. The summed E-state index contributed by atoms with van der Waals surface area (Å²) in [5.74, 6) is 0.188. The number of nitrogens with zero attached hydrogens (tertiary/aromatic N) is 1. The summed E-state index contributed by atoms with van der Waals surface area (Å²) in [4.78, 5) is 1.81. The average Bonchev–Trinajstić information content (AvgIpc) is 2.69. The molecule has 2 saturated heterocycles. The number of hydrogen-bond donors (Lipinski definition) is 0. The first-order valence-corrected chi connectivity index (χ1v) is 7.55. The molecule has 17 heavy (non-hydrogen) atoms. The van der Waals surface area contributed by atoms with Gasteiger partial charge in [0.25, 0.3) is 5.17 Å². The van der Waals surface area contributed by atoms with E-state index < -0.39 is 9.84 Å². The quantitative estimate of drug-likeness (QED) is 0.711. The lowest BCUT2D eigenvalue weighted by atomic mass is 10.2. The van der Waals surface area contributed by atoms with Gasteiger partial charge in [0, 0.05) is 5.69 Å². The molecule has 0 aromatic heterocycles. The maximum Gasteiger partial charge on any atom is 0.264 e. The molecule has 2 fully saturated rings. The molecule has 0 saturated carbocycles. The van der Waals surface area contributed by atoms with Crippen molar-refractivity contribution in [2.24, 2.45) is 0 Å². The molecule has 2 heterocycles. The van der Waals surface area contributed by atoms with E-state index in [0.29, 0.717) is 5.17 Å². The Labute approximate surface area is 105 Å². The second-order valence-corrected chi connectivity index (χ2v) is 6.78. The van der Waals surface area contributed by atoms with E-state index in [4.69, 9.17) is 17.0 Å². The van der Waals surface area contributed by atoms with Gasteiger partial charge in [0.05, 0.1) is 17.5 Å². The molecule has 2 aliphatic rings. The average molecular weight is 269 g/mol. The molecule has 90 valence electrons. The highest BCUT2D eigenvalue weighted by Gasteiger charge is 2.49. The molecule has 2 aliphatic heterocycles. The SMILES string of the molecule is O=S1(=O)C[C@@H]2OC(=S)N(c3ccccc3)[C@H]2C1. The summed E-state index contributed by atoms with van der Waals surface area (Å²) in [5.41, 5.74) is 0.891. The van der Waals surface area contributed by atoms with Crippen molar-refractivity contribution in [2.75, 3.05) is 16.4 Å². The Morgan fingerprint density at radius 3 is 2.65 bits per heavy atom. The van der Waals surface area contributed by atoms with Crippen LogP contribution in [-0.4, -0.2) is 37.2 Å². The van der Waals surface area contributed by atoms with Crippen LogP contribution in [0.5, 0.6) is 0 Å². The number of sulfone groups is 1. The van der Waals surface area contributed by atoms with E-state index in [9.17, 15) is 8.42 Å². The van der Waals surface area contributed by atoms with Gasteiger partial charge >= 0.3 is 0 Å². The Kier molecular flexibility index (Phi) is 2.38. The summed E-state index contributed by atoms with van der Waals surface area (Å²) in [6, 6.07) is 9.34. The third-order valence-corrected chi connectivity index (χ3v) is 5.07. The molecule has 0 bridgehead atoms. The van der Waals surface area contributed by atoms with Gasteiger partial charge in [-0.25, -0.2) is 8.42 Å². The summed E-state index contributed by atoms with van der Waals surface area (Å²) < 4.78 is 28.6. The topological polar surface area (TPSA) is 46.6 Å². The smallest absolute Gasteiger partial charge is 0.264 e. The van der Waals surface area contributed by atoms with Crippen molar-refractivity contribution in [1.29, 1.82) is 0 Å². The first-order chi connectivity index (χ1) is 8.07. The van der Waals surface area contributed by atoms with Gasteiger partial charge in [-0.05, 0) is 24.4 Å². The Bertz CT molecular complexity index is 555. The maximum absolute atomic E-state index is 11.6. The van der Waals surface area contributed by atoms with Crippen molar-refractivity contribution >= 4 is 32.9 Å². The highest BCUT2D eigenvalue weighted by atomic mass is 32.2. The van der Waals surface area contributed by atoms with Crippen LogP contribution in [0.25, 0.3) is 0 Å². The second kappa shape index (κ2) is 3.68. The highest BCUT2D eigenvalue weighted by molar-refractivity contribution is 7.91. The van der Waals surface area contributed by atoms with E-state index in [2.05, 4.69) is 0 Å². The number of para-hydroxylation sites is 1. The fourth-order valence-electron chi connectivity index (χ4n) is 2.36. The van der Waals surface area contributed by atoms with Crippen molar-refractivity contribution in [1.82, 2.24) is 0 Å². The zero-order chi connectivity index (χ0) is 12.0. The van der Waals surface area contributed by atoms with Crippen LogP contribution in [0.3, 0.4) is 0 Å². The van der Waals surface area contributed by atoms with Gasteiger partial charge in [-0.2, -0.15) is 0 Å². The maximum atomic E-state index is 11.6. The largest absolute Gasteiger partial charge is 0.464 e. The van der Waals surface area contributed by atoms with Crippen molar-refractivity contribution in [2.45, 2.75) is 12.1 Å². The molecular formula is C11H11NO3S2. The van der Waals surface area contributed by atoms with Gasteiger partial charge in [0.1, 0.15) is 6.10 Å². The predicted octanol–water partition coefficient (Wildman–Crippen LogP) is 0.974. The number of benzene rings is 1. The Hall–Kier alpha value is -1.14. The van der Waals surface area contributed by atoms with Gasteiger partial charge < -0.3 is 4.74 Å². The lowest BCUT2D eigenvalue weighted by molar-refractivity contribution is 0.244. The van der Waals surface area contributed by atoms with Crippen LogP contribution >= 0.6 is 12.2 Å². The van der Waals surface area contributed by atoms with E-state index >= 15 is 0 Å². The molecule has 4 nitrogen and oxygen atoms in total. The van der Waals surface area contributed by atoms with E-state index in [1.165, 1.54) is 0 Å². The summed E-state index contributed by atoms with van der Waals surface area (Å²) in [7, 11) is -3.00. The van der Waals surface area contributed by atoms with Crippen molar-refractivity contribution in [3.63, 3.8) is 0 Å². The number of anilines is 1. The zero-order valence-corrected chi connectivity index (χ0v) is 10.6. The van der Waals surface area contributed by atoms with Gasteiger partial charge in [-0.3, -0.25) is 4.90 Å². The highest BCUT2D eigenvalue weighted by Crippen LogP contribution is 2.32. The van der Waals surface area contributed by atoms with Gasteiger partial charge in [0.15, 0.2) is 9.84 Å². The molecule has 1 aromatic carbocycles. The molecule has 0 radical (unpaired) electrons. The number of thiocarbonyl (C=S) groups is 1. The molecule has 0 aliphatic carbocycles. The van der Waals surface area contributed by atoms with Crippen LogP contribution in [0.2, 0.25) is 0 Å². The Morgan fingerprint density at radius 2 is 1.94 bits per heavy atom. The van der Waals surface area contributed by atoms with Crippen molar-refractivity contribution < 1.29 is 13.2 Å². The summed E-state index contributed by atoms with van der Waals surface area (Å²) in [6.07, 6.45) is -0.312. The number of ether oxygens (including phenoxy) is 1. The lowest BCUT2D eigenvalue weighted by Gasteiger charge is -2.21. The molecular weight excluding hydrogens is 258 g/mol. The van der Waals surface area contributed by atoms with Crippen molar-refractivity contribution in [3.8, 4) is 0 Å². The Balaban J connectivity index is 1.98. The van der Waals surface area contributed by atoms with E-state index in [1.807, 2.05) is 35.2 Å². The minimum absolute atomic E-state index is 0.0706. The number of rotatable bonds is 1. The summed E-state index contributed by atoms with van der Waals surface area (Å²) in [5, 5.41) is 0.376. The minimum atomic E-state index is -3.00. The van der Waals surface area contributed by atoms with Crippen LogP contribution in [0.4, 0.5) is 5.69 Å². The molecule has 2 atom stereocenters. The summed E-state index contributed by atoms with van der Waals surface area (Å²) >= 11 is 5.16. The molecule has 0 amide bonds. The molecule has 0 unspecified atom stereocenters. The minimum Gasteiger partial charge on any atom is -0.464 e. The first kappa shape index (κ1) is 11.0. The third kappa shape index (κ3) is 1.81. The van der Waals surface area contributed by atoms with Crippen LogP contribution in [0, 0.1) is 0 Å². The van der Waals surface area contributed by atoms with E-state index in [-0.39, 0.29) is 23.7 Å². The lowest BCUT2D eigenvalue weighted by Crippen LogP contribution is -2.36. The van der Waals surface area contributed by atoms with Crippen LogP contribution < -0.4 is 4.90 Å². The fourth-order valence-corrected chi connectivity index (χ4v) is 4.53. The van der Waals surface area contributed by atoms with Crippen LogP contribution in [0.15, 0.2) is 30.3 Å². The third-order valence-electron chi connectivity index (χ3n) is 3.09. The number of fused-ring (bicyclic) bond motifs is 1. The molecule has 0 spiro atoms. The van der Waals surface area contributed by atoms with Crippen LogP contribution in [-0.2, 0) is 14.6 Å². The van der Waals surface area contributed by atoms with Crippen molar-refractivity contribution in [3.05, 3.63) is 30.3 Å². The van der Waals surface area contributed by atoms with E-state index in [1.54, 1.807) is 0 Å². The molecule has 6 heteroatoms. The Morgan fingerprint density at radius 1 is 1.24 bits per heavy atom. The second-order valence-electron chi connectivity index (χ2n) is 4.27. The van der Waals surface area contributed by atoms with Crippen LogP contribution in [0.1, 0.15) is 0 Å². The molecule has 0 N–H and O–H groups in total. The normalized spacial score (nSPS) is 30.1. The van der Waals surface area contributed by atoms with Gasteiger partial charge in [-0.15, -0.1) is 0 Å². The number of hydrogen-bond acceptors (Lipinski definition) is 4.